The van der Waals surface area contributed by atoms with E-state index in [1.165, 1.54) is 11.6 Å². The molecule has 0 fully saturated rings. The molecule has 4 rings (SSSR count). The number of nitrogens with one attached hydrogen (secondary N) is 1. The van der Waals surface area contributed by atoms with Crippen LogP contribution in [0, 0.1) is 5.92 Å². The molecule has 0 radical (unpaired) electrons. The molecule has 0 unspecified atom stereocenters. The Morgan fingerprint density at radius 3 is 2.68 bits per heavy atom. The number of hydrogen-bond donors (Lipinski definition) is 2. The van der Waals surface area contributed by atoms with Crippen molar-refractivity contribution in [3.63, 3.8) is 0 Å². The molecule has 0 amide bonds. The standard InChI is InChI=1S/C25H31N5O4/c1-16(2)14-30-23-22(24(32)29(3)25(30)33)27-19(8-5-4-6-13-31)20(28-23)15-34-21-10-7-9-18-17(21)11-12-26-18/h7,9-12,16,26,31H,4-6,8,13-15H2,1-3H3. The third kappa shape index (κ3) is 4.75. The molecule has 4 aromatic rings. The largest absolute Gasteiger partial charge is 0.487 e. The van der Waals surface area contributed by atoms with Crippen molar-refractivity contribution >= 4 is 22.1 Å². The first-order chi connectivity index (χ1) is 16.4. The van der Waals surface area contributed by atoms with Crippen LogP contribution in [0.15, 0.2) is 40.1 Å². The summed E-state index contributed by atoms with van der Waals surface area (Å²) in [5, 5.41) is 10.1. The highest BCUT2D eigenvalue weighted by Gasteiger charge is 2.19. The third-order valence-electron chi connectivity index (χ3n) is 5.85. The number of hydrogen-bond acceptors (Lipinski definition) is 6. The molecule has 1 aromatic carbocycles. The van der Waals surface area contributed by atoms with Crippen LogP contribution < -0.4 is 16.0 Å². The molecule has 0 aliphatic carbocycles. The normalized spacial score (nSPS) is 11.7. The van der Waals surface area contributed by atoms with Crippen LogP contribution in [0.25, 0.3) is 22.1 Å². The van der Waals surface area contributed by atoms with Gasteiger partial charge in [-0.05, 0) is 43.4 Å². The summed E-state index contributed by atoms with van der Waals surface area (Å²) in [5.74, 6) is 0.902. The van der Waals surface area contributed by atoms with Crippen LogP contribution in [0.5, 0.6) is 5.75 Å². The Hall–Kier alpha value is -3.46. The fraction of sp³-hybridized carbons (Fsp3) is 0.440. The van der Waals surface area contributed by atoms with E-state index in [0.29, 0.717) is 36.4 Å². The highest BCUT2D eigenvalue weighted by molar-refractivity contribution is 5.85. The SMILES string of the molecule is CC(C)Cn1c(=O)n(C)c(=O)c2nc(CCCCCO)c(COc3cccc4[nH]ccc34)nc21. The monoisotopic (exact) mass is 465 g/mol. The fourth-order valence-corrected chi connectivity index (χ4v) is 4.10. The second-order valence-electron chi connectivity index (χ2n) is 8.96. The van der Waals surface area contributed by atoms with Gasteiger partial charge in [-0.1, -0.05) is 26.3 Å². The highest BCUT2D eigenvalue weighted by atomic mass is 16.5. The van der Waals surface area contributed by atoms with Gasteiger partial charge in [-0.15, -0.1) is 0 Å². The van der Waals surface area contributed by atoms with Gasteiger partial charge in [0.2, 0.25) is 0 Å². The summed E-state index contributed by atoms with van der Waals surface area (Å²) in [7, 11) is 1.47. The summed E-state index contributed by atoms with van der Waals surface area (Å²) in [4.78, 5) is 38.4. The minimum absolute atomic E-state index is 0.141. The lowest BCUT2D eigenvalue weighted by atomic mass is 10.1. The molecule has 3 aromatic heterocycles. The Kier molecular flexibility index (Phi) is 7.12. The Labute approximate surface area is 197 Å². The van der Waals surface area contributed by atoms with E-state index in [1.807, 2.05) is 44.3 Å². The van der Waals surface area contributed by atoms with Gasteiger partial charge in [-0.25, -0.2) is 14.8 Å². The summed E-state index contributed by atoms with van der Waals surface area (Å²) >= 11 is 0. The summed E-state index contributed by atoms with van der Waals surface area (Å²) in [6.07, 6.45) is 4.80. The maximum atomic E-state index is 12.9. The number of benzene rings is 1. The molecular weight excluding hydrogens is 434 g/mol. The summed E-state index contributed by atoms with van der Waals surface area (Å²) in [6, 6.07) is 7.75. The minimum atomic E-state index is -0.450. The van der Waals surface area contributed by atoms with Crippen LogP contribution in [-0.4, -0.2) is 35.8 Å². The molecule has 34 heavy (non-hydrogen) atoms. The number of nitrogens with zero attached hydrogens (tertiary/aromatic N) is 4. The number of fused-ring (bicyclic) bond motifs is 2. The number of rotatable bonds is 10. The average molecular weight is 466 g/mol. The first-order valence-corrected chi connectivity index (χ1v) is 11.7. The predicted molar refractivity (Wildman–Crippen MR) is 131 cm³/mol. The number of ether oxygens (including phenoxy) is 1. The number of aromatic nitrogens is 5. The van der Waals surface area contributed by atoms with Gasteiger partial charge in [-0.3, -0.25) is 13.9 Å². The van der Waals surface area contributed by atoms with Crippen molar-refractivity contribution in [3.05, 3.63) is 62.7 Å². The molecule has 0 aliphatic rings. The fourth-order valence-electron chi connectivity index (χ4n) is 4.10. The van der Waals surface area contributed by atoms with Crippen molar-refractivity contribution in [2.45, 2.75) is 52.7 Å². The zero-order chi connectivity index (χ0) is 24.2. The topological polar surface area (TPSA) is 115 Å². The highest BCUT2D eigenvalue weighted by Crippen LogP contribution is 2.26. The zero-order valence-corrected chi connectivity index (χ0v) is 19.9. The molecule has 3 heterocycles. The molecule has 180 valence electrons. The molecule has 2 N–H and O–H groups in total. The third-order valence-corrected chi connectivity index (χ3v) is 5.85. The maximum Gasteiger partial charge on any atom is 0.332 e. The second kappa shape index (κ2) is 10.2. The van der Waals surface area contributed by atoms with Gasteiger partial charge < -0.3 is 14.8 Å². The van der Waals surface area contributed by atoms with Gasteiger partial charge in [0.05, 0.1) is 5.69 Å². The van der Waals surface area contributed by atoms with Gasteiger partial charge in [0.15, 0.2) is 11.2 Å². The predicted octanol–water partition coefficient (Wildman–Crippen LogP) is 2.91. The number of aromatic amines is 1. The van der Waals surface area contributed by atoms with E-state index < -0.39 is 11.2 Å². The Morgan fingerprint density at radius 2 is 1.91 bits per heavy atom. The van der Waals surface area contributed by atoms with E-state index in [2.05, 4.69) is 4.98 Å². The van der Waals surface area contributed by atoms with E-state index in [0.717, 1.165) is 34.1 Å². The molecular formula is C25H31N5O4. The smallest absolute Gasteiger partial charge is 0.332 e. The van der Waals surface area contributed by atoms with Crippen LogP contribution in [-0.2, 0) is 26.6 Å². The summed E-state index contributed by atoms with van der Waals surface area (Å²) in [5.41, 5.74) is 1.89. The number of H-pyrrole nitrogens is 1. The minimum Gasteiger partial charge on any atom is -0.487 e. The molecule has 9 nitrogen and oxygen atoms in total. The van der Waals surface area contributed by atoms with Crippen molar-refractivity contribution in [1.29, 1.82) is 0 Å². The Balaban J connectivity index is 1.79. The second-order valence-corrected chi connectivity index (χ2v) is 8.96. The van der Waals surface area contributed by atoms with Crippen molar-refractivity contribution < 1.29 is 9.84 Å². The number of aryl methyl sites for hydroxylation is 1. The molecule has 0 saturated heterocycles. The molecule has 0 aliphatic heterocycles. The van der Waals surface area contributed by atoms with Crippen molar-refractivity contribution in [2.24, 2.45) is 13.0 Å². The lowest BCUT2D eigenvalue weighted by molar-refractivity contribution is 0.282. The number of aliphatic hydroxyl groups excluding tert-OH is 1. The van der Waals surface area contributed by atoms with Crippen LogP contribution in [0.1, 0.15) is 44.5 Å². The van der Waals surface area contributed by atoms with E-state index in [1.54, 1.807) is 0 Å². The Bertz CT molecular complexity index is 1420. The zero-order valence-electron chi connectivity index (χ0n) is 19.9. The number of unbranched alkanes of at least 4 members (excludes halogenated alkanes) is 2. The van der Waals surface area contributed by atoms with Crippen LogP contribution >= 0.6 is 0 Å². The van der Waals surface area contributed by atoms with Gasteiger partial charge in [0.1, 0.15) is 18.1 Å². The number of aliphatic hydroxyl groups is 1. The first-order valence-electron chi connectivity index (χ1n) is 11.7. The van der Waals surface area contributed by atoms with Crippen molar-refractivity contribution in [3.8, 4) is 5.75 Å². The van der Waals surface area contributed by atoms with Crippen LogP contribution in [0.2, 0.25) is 0 Å². The van der Waals surface area contributed by atoms with Gasteiger partial charge >= 0.3 is 5.69 Å². The average Bonchev–Trinajstić information content (AvgIpc) is 3.31. The van der Waals surface area contributed by atoms with Crippen molar-refractivity contribution in [1.82, 2.24) is 24.1 Å². The Morgan fingerprint density at radius 1 is 1.09 bits per heavy atom. The van der Waals surface area contributed by atoms with Gasteiger partial charge in [-0.2, -0.15) is 0 Å². The lowest BCUT2D eigenvalue weighted by Crippen LogP contribution is -2.40. The van der Waals surface area contributed by atoms with E-state index in [-0.39, 0.29) is 24.6 Å². The summed E-state index contributed by atoms with van der Waals surface area (Å²) < 4.78 is 8.78. The molecule has 0 atom stereocenters. The molecule has 0 saturated carbocycles. The van der Waals surface area contributed by atoms with E-state index in [4.69, 9.17) is 19.8 Å². The van der Waals surface area contributed by atoms with Crippen LogP contribution in [0.3, 0.4) is 0 Å². The van der Waals surface area contributed by atoms with Gasteiger partial charge in [0.25, 0.3) is 5.56 Å². The molecule has 9 heteroatoms. The quantitative estimate of drug-likeness (QED) is 0.348. The first kappa shape index (κ1) is 23.7. The maximum absolute atomic E-state index is 12.9. The molecule has 0 bridgehead atoms. The van der Waals surface area contributed by atoms with Crippen LogP contribution in [0.4, 0.5) is 0 Å². The van der Waals surface area contributed by atoms with E-state index >= 15 is 0 Å². The van der Waals surface area contributed by atoms with E-state index in [9.17, 15) is 9.59 Å². The van der Waals surface area contributed by atoms with Crippen molar-refractivity contribution in [2.75, 3.05) is 6.61 Å². The van der Waals surface area contributed by atoms with Gasteiger partial charge in [0, 0.05) is 37.3 Å². The molecule has 0 spiro atoms. The summed E-state index contributed by atoms with van der Waals surface area (Å²) in [6.45, 7) is 4.74. The lowest BCUT2D eigenvalue weighted by Gasteiger charge is -2.16.